The molecule has 1 rings (SSSR count). The van der Waals surface area contributed by atoms with Crippen LogP contribution in [0.3, 0.4) is 0 Å². The summed E-state index contributed by atoms with van der Waals surface area (Å²) in [7, 11) is -0.168. The Morgan fingerprint density at radius 3 is 2.00 bits per heavy atom. The third-order valence-electron chi connectivity index (χ3n) is 3.79. The van der Waals surface area contributed by atoms with Gasteiger partial charge in [0, 0.05) is 6.42 Å². The van der Waals surface area contributed by atoms with Gasteiger partial charge in [-0.3, -0.25) is 4.79 Å². The van der Waals surface area contributed by atoms with Gasteiger partial charge in [-0.15, -0.1) is 0 Å². The van der Waals surface area contributed by atoms with Gasteiger partial charge in [-0.25, -0.2) is 0 Å². The van der Waals surface area contributed by atoms with Gasteiger partial charge >= 0.3 is 13.1 Å². The summed E-state index contributed by atoms with van der Waals surface area (Å²) in [5.74, 6) is -0.133. The zero-order valence-electron chi connectivity index (χ0n) is 14.0. The van der Waals surface area contributed by atoms with Crippen molar-refractivity contribution in [3.8, 4) is 0 Å². The SMILES string of the molecule is CC(C)(C)OC(=O)CCCCB1OC(C)(C)C(C)(C)O1. The molecule has 0 N–H and O–H groups in total. The molecule has 0 bridgehead atoms. The molecule has 0 aliphatic carbocycles. The molecule has 0 amide bonds. The van der Waals surface area contributed by atoms with Crippen molar-refractivity contribution in [1.29, 1.82) is 0 Å². The number of ether oxygens (including phenoxy) is 1. The Labute approximate surface area is 123 Å². The van der Waals surface area contributed by atoms with Gasteiger partial charge < -0.3 is 14.0 Å². The maximum Gasteiger partial charge on any atom is 0.457 e. The molecule has 1 aliphatic heterocycles. The number of hydrogen-bond donors (Lipinski definition) is 0. The quantitative estimate of drug-likeness (QED) is 0.439. The van der Waals surface area contributed by atoms with Gasteiger partial charge in [-0.05, 0) is 61.2 Å². The fraction of sp³-hybridized carbons (Fsp3) is 0.933. The van der Waals surface area contributed by atoms with Gasteiger partial charge in [-0.1, -0.05) is 6.42 Å². The fourth-order valence-electron chi connectivity index (χ4n) is 2.06. The molecule has 0 aromatic heterocycles. The molecule has 0 unspecified atom stereocenters. The molecule has 1 fully saturated rings. The van der Waals surface area contributed by atoms with E-state index in [4.69, 9.17) is 14.0 Å². The molecule has 0 atom stereocenters. The maximum atomic E-state index is 11.6. The minimum absolute atomic E-state index is 0.133. The number of hydrogen-bond acceptors (Lipinski definition) is 4. The Hall–Kier alpha value is -0.545. The highest BCUT2D eigenvalue weighted by atomic mass is 16.7. The van der Waals surface area contributed by atoms with Crippen molar-refractivity contribution < 1.29 is 18.8 Å². The second kappa shape index (κ2) is 6.06. The summed E-state index contributed by atoms with van der Waals surface area (Å²) < 4.78 is 17.1. The first-order chi connectivity index (χ1) is 8.93. The van der Waals surface area contributed by atoms with Gasteiger partial charge in [0.2, 0.25) is 0 Å². The summed E-state index contributed by atoms with van der Waals surface area (Å²) in [6, 6.07) is 0. The number of unbranched alkanes of at least 4 members (excludes halogenated alkanes) is 1. The molecule has 1 heterocycles. The van der Waals surface area contributed by atoms with Crippen molar-refractivity contribution in [2.24, 2.45) is 0 Å². The lowest BCUT2D eigenvalue weighted by atomic mass is 9.82. The molecular weight excluding hydrogens is 255 g/mol. The summed E-state index contributed by atoms with van der Waals surface area (Å²) in [6.07, 6.45) is 2.97. The van der Waals surface area contributed by atoms with E-state index in [0.717, 1.165) is 19.2 Å². The molecule has 0 spiro atoms. The molecule has 116 valence electrons. The Morgan fingerprint density at radius 2 is 1.55 bits per heavy atom. The topological polar surface area (TPSA) is 44.8 Å². The van der Waals surface area contributed by atoms with Crippen molar-refractivity contribution >= 4 is 13.1 Å². The van der Waals surface area contributed by atoms with Crippen LogP contribution in [0.4, 0.5) is 0 Å². The molecule has 5 heteroatoms. The second-order valence-corrected chi connectivity index (χ2v) is 7.52. The van der Waals surface area contributed by atoms with E-state index < -0.39 is 5.60 Å². The van der Waals surface area contributed by atoms with Gasteiger partial charge in [0.15, 0.2) is 0 Å². The predicted molar refractivity (Wildman–Crippen MR) is 80.6 cm³/mol. The van der Waals surface area contributed by atoms with Crippen molar-refractivity contribution in [1.82, 2.24) is 0 Å². The van der Waals surface area contributed by atoms with E-state index >= 15 is 0 Å². The van der Waals surface area contributed by atoms with Crippen LogP contribution in [0.15, 0.2) is 0 Å². The van der Waals surface area contributed by atoms with Crippen LogP contribution in [0.5, 0.6) is 0 Å². The number of carbonyl (C=O) groups is 1. The first-order valence-corrected chi connectivity index (χ1v) is 7.50. The molecule has 0 aromatic carbocycles. The van der Waals surface area contributed by atoms with Gasteiger partial charge in [0.1, 0.15) is 5.60 Å². The molecule has 0 radical (unpaired) electrons. The van der Waals surface area contributed by atoms with Crippen molar-refractivity contribution in [3.05, 3.63) is 0 Å². The summed E-state index contributed by atoms with van der Waals surface area (Å²) in [5.41, 5.74) is -0.950. The lowest BCUT2D eigenvalue weighted by molar-refractivity contribution is -0.154. The predicted octanol–water partition coefficient (Wildman–Crippen LogP) is 3.59. The average molecular weight is 284 g/mol. The van der Waals surface area contributed by atoms with E-state index in [-0.39, 0.29) is 24.3 Å². The molecule has 1 aliphatic rings. The molecule has 1 saturated heterocycles. The van der Waals surface area contributed by atoms with Gasteiger partial charge in [0.05, 0.1) is 11.2 Å². The summed E-state index contributed by atoms with van der Waals surface area (Å²) in [5, 5.41) is 0. The largest absolute Gasteiger partial charge is 0.460 e. The number of rotatable bonds is 5. The van der Waals surface area contributed by atoms with Crippen LogP contribution >= 0.6 is 0 Å². The second-order valence-electron chi connectivity index (χ2n) is 7.52. The van der Waals surface area contributed by atoms with E-state index in [0.29, 0.717) is 6.42 Å². The number of carbonyl (C=O) groups excluding carboxylic acids is 1. The fourth-order valence-corrected chi connectivity index (χ4v) is 2.06. The lowest BCUT2D eigenvalue weighted by Gasteiger charge is -2.32. The van der Waals surface area contributed by atoms with Crippen molar-refractivity contribution in [2.45, 2.75) is 90.9 Å². The average Bonchev–Trinajstić information content (AvgIpc) is 2.40. The minimum Gasteiger partial charge on any atom is -0.460 e. The Kier molecular flexibility index (Phi) is 5.31. The Balaban J connectivity index is 2.22. The van der Waals surface area contributed by atoms with Gasteiger partial charge in [0.25, 0.3) is 0 Å². The van der Waals surface area contributed by atoms with Crippen LogP contribution in [0.1, 0.15) is 67.7 Å². The molecule has 0 saturated carbocycles. The van der Waals surface area contributed by atoms with Crippen LogP contribution in [-0.2, 0) is 18.8 Å². The highest BCUT2D eigenvalue weighted by molar-refractivity contribution is 6.45. The van der Waals surface area contributed by atoms with Crippen LogP contribution in [0, 0.1) is 0 Å². The normalized spacial score (nSPS) is 21.1. The summed E-state index contributed by atoms with van der Waals surface area (Å²) >= 11 is 0. The summed E-state index contributed by atoms with van der Waals surface area (Å²) in [4.78, 5) is 11.6. The van der Waals surface area contributed by atoms with Crippen LogP contribution in [-0.4, -0.2) is 29.9 Å². The standard InChI is InChI=1S/C15H29BO4/c1-13(2,3)18-12(17)10-8-9-11-16-19-14(4,5)15(6,7)20-16/h8-11H2,1-7H3. The van der Waals surface area contributed by atoms with E-state index in [1.54, 1.807) is 0 Å². The maximum absolute atomic E-state index is 11.6. The smallest absolute Gasteiger partial charge is 0.457 e. The minimum atomic E-state index is -0.400. The van der Waals surface area contributed by atoms with Crippen molar-refractivity contribution in [3.63, 3.8) is 0 Å². The molecule has 20 heavy (non-hydrogen) atoms. The van der Waals surface area contributed by atoms with Crippen LogP contribution < -0.4 is 0 Å². The third kappa shape index (κ3) is 5.10. The van der Waals surface area contributed by atoms with Crippen molar-refractivity contribution in [2.75, 3.05) is 0 Å². The Bertz CT molecular complexity index is 328. The molecular formula is C15H29BO4. The zero-order chi connectivity index (χ0) is 15.6. The third-order valence-corrected chi connectivity index (χ3v) is 3.79. The highest BCUT2D eigenvalue weighted by Crippen LogP contribution is 2.38. The Morgan fingerprint density at radius 1 is 1.05 bits per heavy atom. The first-order valence-electron chi connectivity index (χ1n) is 7.50. The lowest BCUT2D eigenvalue weighted by Crippen LogP contribution is -2.41. The van der Waals surface area contributed by atoms with Crippen LogP contribution in [0.2, 0.25) is 6.32 Å². The first kappa shape index (κ1) is 17.5. The summed E-state index contributed by atoms with van der Waals surface area (Å²) in [6.45, 7) is 13.8. The van der Waals surface area contributed by atoms with E-state index in [9.17, 15) is 4.79 Å². The monoisotopic (exact) mass is 284 g/mol. The highest BCUT2D eigenvalue weighted by Gasteiger charge is 2.50. The number of esters is 1. The molecule has 4 nitrogen and oxygen atoms in total. The van der Waals surface area contributed by atoms with Crippen LogP contribution in [0.25, 0.3) is 0 Å². The van der Waals surface area contributed by atoms with E-state index in [1.165, 1.54) is 0 Å². The van der Waals surface area contributed by atoms with E-state index in [1.807, 2.05) is 48.5 Å². The molecule has 0 aromatic rings. The van der Waals surface area contributed by atoms with E-state index in [2.05, 4.69) is 0 Å². The zero-order valence-corrected chi connectivity index (χ0v) is 14.0. The van der Waals surface area contributed by atoms with Gasteiger partial charge in [-0.2, -0.15) is 0 Å².